The summed E-state index contributed by atoms with van der Waals surface area (Å²) in [5.74, 6) is 0.768. The van der Waals surface area contributed by atoms with Crippen molar-refractivity contribution in [1.82, 2.24) is 9.88 Å². The van der Waals surface area contributed by atoms with Crippen LogP contribution in [0.3, 0.4) is 0 Å². The second-order valence-corrected chi connectivity index (χ2v) is 6.20. The molecule has 104 valence electrons. The van der Waals surface area contributed by atoms with E-state index in [0.29, 0.717) is 5.39 Å². The second-order valence-electron chi connectivity index (χ2n) is 5.06. The van der Waals surface area contributed by atoms with Crippen molar-refractivity contribution in [2.45, 2.75) is 6.54 Å². The lowest BCUT2D eigenvalue weighted by Crippen LogP contribution is -2.09. The Morgan fingerprint density at radius 1 is 1.20 bits per heavy atom. The Labute approximate surface area is 120 Å². The fraction of sp³-hybridized carbons (Fsp3) is 0.267. The van der Waals surface area contributed by atoms with Crippen LogP contribution in [0.1, 0.15) is 4.88 Å². The number of benzene rings is 1. The fourth-order valence-electron chi connectivity index (χ4n) is 2.37. The summed E-state index contributed by atoms with van der Waals surface area (Å²) >= 11 is 1.63. The number of pyridine rings is 1. The van der Waals surface area contributed by atoms with E-state index in [0.717, 1.165) is 27.9 Å². The van der Waals surface area contributed by atoms with Crippen LogP contribution in [0.5, 0.6) is 5.75 Å². The van der Waals surface area contributed by atoms with Crippen molar-refractivity contribution >= 4 is 32.3 Å². The number of H-pyrrole nitrogens is 1. The molecule has 0 saturated carbocycles. The molecule has 0 unspecified atom stereocenters. The number of nitrogens with zero attached hydrogens (tertiary/aromatic N) is 1. The minimum absolute atomic E-state index is 0.0478. The number of methoxy groups -OCH3 is 1. The van der Waals surface area contributed by atoms with Gasteiger partial charge in [-0.2, -0.15) is 0 Å². The lowest BCUT2D eigenvalue weighted by molar-refractivity contribution is 0.406. The highest BCUT2D eigenvalue weighted by molar-refractivity contribution is 7.18. The Hall–Kier alpha value is -1.85. The molecule has 0 atom stereocenters. The summed E-state index contributed by atoms with van der Waals surface area (Å²) in [6.45, 7) is 0.868. The van der Waals surface area contributed by atoms with E-state index in [4.69, 9.17) is 4.74 Å². The van der Waals surface area contributed by atoms with E-state index in [1.807, 2.05) is 32.3 Å². The molecule has 0 spiro atoms. The molecule has 0 aliphatic heterocycles. The maximum atomic E-state index is 12.1. The van der Waals surface area contributed by atoms with Crippen LogP contribution in [-0.2, 0) is 6.54 Å². The first-order chi connectivity index (χ1) is 9.58. The molecule has 0 aliphatic rings. The van der Waals surface area contributed by atoms with Crippen LogP contribution in [0, 0.1) is 0 Å². The Morgan fingerprint density at radius 3 is 2.70 bits per heavy atom. The average Bonchev–Trinajstić information content (AvgIpc) is 2.80. The van der Waals surface area contributed by atoms with Crippen LogP contribution < -0.4 is 10.3 Å². The lowest BCUT2D eigenvalue weighted by Gasteiger charge is -2.05. The molecule has 1 aromatic carbocycles. The molecule has 5 heteroatoms. The fourth-order valence-corrected chi connectivity index (χ4v) is 3.55. The SMILES string of the molecule is COc1ccc2c(=O)[nH]c3sc(CN(C)C)cc3c2c1. The van der Waals surface area contributed by atoms with Gasteiger partial charge in [-0.05, 0) is 38.4 Å². The highest BCUT2D eigenvalue weighted by Gasteiger charge is 2.10. The van der Waals surface area contributed by atoms with Crippen LogP contribution in [0.2, 0.25) is 0 Å². The number of rotatable bonds is 3. The largest absolute Gasteiger partial charge is 0.497 e. The van der Waals surface area contributed by atoms with Gasteiger partial charge < -0.3 is 14.6 Å². The minimum atomic E-state index is -0.0478. The van der Waals surface area contributed by atoms with Gasteiger partial charge in [0.25, 0.3) is 5.56 Å². The number of nitrogens with one attached hydrogen (secondary N) is 1. The van der Waals surface area contributed by atoms with Gasteiger partial charge in [0, 0.05) is 27.6 Å². The van der Waals surface area contributed by atoms with Crippen molar-refractivity contribution in [2.75, 3.05) is 21.2 Å². The van der Waals surface area contributed by atoms with Gasteiger partial charge >= 0.3 is 0 Å². The van der Waals surface area contributed by atoms with Crippen LogP contribution in [-0.4, -0.2) is 31.1 Å². The normalized spacial score (nSPS) is 11.6. The van der Waals surface area contributed by atoms with E-state index in [1.165, 1.54) is 4.88 Å². The smallest absolute Gasteiger partial charge is 0.256 e. The quantitative estimate of drug-likeness (QED) is 0.806. The predicted molar refractivity (Wildman–Crippen MR) is 83.9 cm³/mol. The van der Waals surface area contributed by atoms with Gasteiger partial charge in [0.05, 0.1) is 7.11 Å². The summed E-state index contributed by atoms with van der Waals surface area (Å²) < 4.78 is 5.27. The lowest BCUT2D eigenvalue weighted by atomic mass is 10.1. The number of ether oxygens (including phenoxy) is 1. The van der Waals surface area contributed by atoms with Crippen LogP contribution in [0.4, 0.5) is 0 Å². The summed E-state index contributed by atoms with van der Waals surface area (Å²) in [5.41, 5.74) is -0.0478. The molecular formula is C15H16N2O2S. The first kappa shape index (κ1) is 13.1. The summed E-state index contributed by atoms with van der Waals surface area (Å²) in [7, 11) is 5.71. The van der Waals surface area contributed by atoms with E-state index >= 15 is 0 Å². The van der Waals surface area contributed by atoms with E-state index in [2.05, 4.69) is 16.0 Å². The van der Waals surface area contributed by atoms with Gasteiger partial charge in [-0.25, -0.2) is 0 Å². The molecule has 0 aliphatic carbocycles. The molecule has 4 nitrogen and oxygen atoms in total. The molecule has 0 bridgehead atoms. The van der Waals surface area contributed by atoms with Crippen molar-refractivity contribution in [3.05, 3.63) is 39.5 Å². The van der Waals surface area contributed by atoms with E-state index in [1.54, 1.807) is 18.4 Å². The van der Waals surface area contributed by atoms with Crippen LogP contribution in [0.15, 0.2) is 29.1 Å². The third-order valence-corrected chi connectivity index (χ3v) is 4.28. The molecule has 0 saturated heterocycles. The first-order valence-electron chi connectivity index (χ1n) is 6.35. The molecule has 20 heavy (non-hydrogen) atoms. The highest BCUT2D eigenvalue weighted by Crippen LogP contribution is 2.31. The Bertz CT molecular complexity index is 833. The molecule has 2 heterocycles. The molecule has 0 radical (unpaired) electrons. The van der Waals surface area contributed by atoms with E-state index < -0.39 is 0 Å². The standard InChI is InChI=1S/C15H16N2O2S/c1-17(2)8-10-7-13-12-6-9(19-3)4-5-11(12)14(18)16-15(13)20-10/h4-7H,8H2,1-3H3,(H,16,18). The summed E-state index contributed by atoms with van der Waals surface area (Å²) in [6, 6.07) is 7.71. The number of hydrogen-bond donors (Lipinski definition) is 1. The van der Waals surface area contributed by atoms with Gasteiger partial charge in [0.2, 0.25) is 0 Å². The van der Waals surface area contributed by atoms with Crippen molar-refractivity contribution in [3.63, 3.8) is 0 Å². The minimum Gasteiger partial charge on any atom is -0.497 e. The molecule has 1 N–H and O–H groups in total. The molecule has 0 fully saturated rings. The third kappa shape index (κ3) is 2.19. The predicted octanol–water partition coefficient (Wildman–Crippen LogP) is 2.81. The Balaban J connectivity index is 2.31. The summed E-state index contributed by atoms with van der Waals surface area (Å²) in [6.07, 6.45) is 0. The second kappa shape index (κ2) is 4.92. The number of hydrogen-bond acceptors (Lipinski definition) is 4. The van der Waals surface area contributed by atoms with Gasteiger partial charge in [-0.3, -0.25) is 4.79 Å². The molecule has 2 aromatic heterocycles. The van der Waals surface area contributed by atoms with Gasteiger partial charge in [0.15, 0.2) is 0 Å². The summed E-state index contributed by atoms with van der Waals surface area (Å²) in [4.78, 5) is 19.4. The Morgan fingerprint density at radius 2 is 2.00 bits per heavy atom. The molecule has 3 aromatic rings. The maximum Gasteiger partial charge on any atom is 0.256 e. The molecule has 0 amide bonds. The van der Waals surface area contributed by atoms with Crippen LogP contribution >= 0.6 is 11.3 Å². The van der Waals surface area contributed by atoms with Gasteiger partial charge in [0.1, 0.15) is 10.6 Å². The Kier molecular flexibility index (Phi) is 3.23. The first-order valence-corrected chi connectivity index (χ1v) is 7.17. The average molecular weight is 288 g/mol. The van der Waals surface area contributed by atoms with Crippen molar-refractivity contribution in [1.29, 1.82) is 0 Å². The molecule has 3 rings (SSSR count). The number of fused-ring (bicyclic) bond motifs is 3. The van der Waals surface area contributed by atoms with Crippen LogP contribution in [0.25, 0.3) is 21.0 Å². The van der Waals surface area contributed by atoms with Gasteiger partial charge in [-0.1, -0.05) is 0 Å². The van der Waals surface area contributed by atoms with Crippen molar-refractivity contribution < 1.29 is 4.74 Å². The maximum absolute atomic E-state index is 12.1. The zero-order chi connectivity index (χ0) is 14.3. The number of aromatic nitrogens is 1. The summed E-state index contributed by atoms with van der Waals surface area (Å²) in [5, 5.41) is 2.73. The zero-order valence-electron chi connectivity index (χ0n) is 11.7. The topological polar surface area (TPSA) is 45.3 Å². The third-order valence-electron chi connectivity index (χ3n) is 3.24. The van der Waals surface area contributed by atoms with E-state index in [-0.39, 0.29) is 5.56 Å². The van der Waals surface area contributed by atoms with Crippen molar-refractivity contribution in [3.8, 4) is 5.75 Å². The zero-order valence-corrected chi connectivity index (χ0v) is 12.5. The monoisotopic (exact) mass is 288 g/mol. The number of thiophene rings is 1. The van der Waals surface area contributed by atoms with E-state index in [9.17, 15) is 4.79 Å². The van der Waals surface area contributed by atoms with Gasteiger partial charge in [-0.15, -0.1) is 11.3 Å². The molecular weight excluding hydrogens is 272 g/mol. The number of aromatic amines is 1. The van der Waals surface area contributed by atoms with Crippen molar-refractivity contribution in [2.24, 2.45) is 0 Å². The highest BCUT2D eigenvalue weighted by atomic mass is 32.1.